The highest BCUT2D eigenvalue weighted by molar-refractivity contribution is 6.30. The SMILES string of the molecule is CCCN(C(=O)CCCOc1ccc(Cl)cc1)C1CCN(C(=O)c2ccccc2)CC1. The van der Waals surface area contributed by atoms with Crippen LogP contribution >= 0.6 is 11.6 Å². The number of benzene rings is 2. The molecule has 166 valence electrons. The quantitative estimate of drug-likeness (QED) is 0.511. The van der Waals surface area contributed by atoms with Crippen molar-refractivity contribution in [2.45, 2.75) is 45.1 Å². The maximum Gasteiger partial charge on any atom is 0.253 e. The summed E-state index contributed by atoms with van der Waals surface area (Å²) in [5.41, 5.74) is 0.725. The molecule has 31 heavy (non-hydrogen) atoms. The molecule has 2 aromatic carbocycles. The minimum Gasteiger partial charge on any atom is -0.494 e. The Kier molecular flexibility index (Phi) is 8.77. The van der Waals surface area contributed by atoms with Crippen LogP contribution in [0.25, 0.3) is 0 Å². The molecule has 0 saturated carbocycles. The van der Waals surface area contributed by atoms with Gasteiger partial charge in [-0.05, 0) is 62.1 Å². The lowest BCUT2D eigenvalue weighted by atomic mass is 10.0. The standard InChI is InChI=1S/C25H31ClN2O3/c1-2-16-28(24(29)9-6-19-31-23-12-10-21(26)11-13-23)22-14-17-27(18-15-22)25(30)20-7-4-3-5-8-20/h3-5,7-8,10-13,22H,2,6,9,14-19H2,1H3. The van der Waals surface area contributed by atoms with Gasteiger partial charge in [0.25, 0.3) is 5.91 Å². The van der Waals surface area contributed by atoms with Crippen molar-refractivity contribution in [3.63, 3.8) is 0 Å². The molecule has 1 heterocycles. The molecule has 2 aromatic rings. The van der Waals surface area contributed by atoms with Gasteiger partial charge in [0.2, 0.25) is 5.91 Å². The molecule has 2 amide bonds. The number of carbonyl (C=O) groups excluding carboxylic acids is 2. The Bertz CT molecular complexity index is 834. The maximum atomic E-state index is 12.9. The van der Waals surface area contributed by atoms with Crippen LogP contribution in [-0.4, -0.2) is 53.9 Å². The van der Waals surface area contributed by atoms with Gasteiger partial charge < -0.3 is 14.5 Å². The number of ether oxygens (including phenoxy) is 1. The summed E-state index contributed by atoms with van der Waals surface area (Å²) in [6.07, 6.45) is 3.72. The van der Waals surface area contributed by atoms with E-state index in [4.69, 9.17) is 16.3 Å². The van der Waals surface area contributed by atoms with Gasteiger partial charge >= 0.3 is 0 Å². The van der Waals surface area contributed by atoms with Crippen LogP contribution in [0, 0.1) is 0 Å². The average molecular weight is 443 g/mol. The molecule has 1 fully saturated rings. The zero-order chi connectivity index (χ0) is 22.1. The normalized spacial score (nSPS) is 14.3. The van der Waals surface area contributed by atoms with Crippen molar-refractivity contribution >= 4 is 23.4 Å². The summed E-state index contributed by atoms with van der Waals surface area (Å²) in [6, 6.07) is 16.8. The second kappa shape index (κ2) is 11.8. The molecule has 0 aliphatic carbocycles. The van der Waals surface area contributed by atoms with Crippen LogP contribution in [0.1, 0.15) is 49.4 Å². The average Bonchev–Trinajstić information content (AvgIpc) is 2.81. The lowest BCUT2D eigenvalue weighted by molar-refractivity contribution is -0.134. The molecule has 0 atom stereocenters. The topological polar surface area (TPSA) is 49.9 Å². The van der Waals surface area contributed by atoms with Crippen LogP contribution in [0.5, 0.6) is 5.75 Å². The first-order chi connectivity index (χ1) is 15.1. The first-order valence-corrected chi connectivity index (χ1v) is 11.5. The number of halogens is 1. The Balaban J connectivity index is 1.45. The van der Waals surface area contributed by atoms with Gasteiger partial charge in [-0.2, -0.15) is 0 Å². The summed E-state index contributed by atoms with van der Waals surface area (Å²) < 4.78 is 5.71. The number of nitrogens with zero attached hydrogens (tertiary/aromatic N) is 2. The lowest BCUT2D eigenvalue weighted by Crippen LogP contribution is -2.49. The summed E-state index contributed by atoms with van der Waals surface area (Å²) >= 11 is 5.88. The third-order valence-electron chi connectivity index (χ3n) is 5.62. The molecule has 0 spiro atoms. The molecule has 1 aliphatic rings. The zero-order valence-corrected chi connectivity index (χ0v) is 18.9. The summed E-state index contributed by atoms with van der Waals surface area (Å²) in [7, 11) is 0. The van der Waals surface area contributed by atoms with Gasteiger partial charge in [-0.25, -0.2) is 0 Å². The molecule has 0 N–H and O–H groups in total. The number of likely N-dealkylation sites (tertiary alicyclic amines) is 1. The molecule has 6 heteroatoms. The van der Waals surface area contributed by atoms with Crippen LogP contribution in [0.4, 0.5) is 0 Å². The van der Waals surface area contributed by atoms with Gasteiger partial charge in [0.15, 0.2) is 0 Å². The third kappa shape index (κ3) is 6.73. The van der Waals surface area contributed by atoms with Gasteiger partial charge in [0.1, 0.15) is 5.75 Å². The second-order valence-electron chi connectivity index (χ2n) is 7.88. The van der Waals surface area contributed by atoms with Crippen molar-refractivity contribution in [2.75, 3.05) is 26.2 Å². The lowest BCUT2D eigenvalue weighted by Gasteiger charge is -2.38. The molecule has 1 aliphatic heterocycles. The van der Waals surface area contributed by atoms with E-state index in [1.807, 2.05) is 52.3 Å². The molecule has 0 bridgehead atoms. The Morgan fingerprint density at radius 2 is 1.74 bits per heavy atom. The minimum atomic E-state index is 0.0757. The van der Waals surface area contributed by atoms with Crippen LogP contribution in [0.15, 0.2) is 54.6 Å². The van der Waals surface area contributed by atoms with Crippen LogP contribution < -0.4 is 4.74 Å². The Morgan fingerprint density at radius 3 is 2.39 bits per heavy atom. The predicted octanol–water partition coefficient (Wildman–Crippen LogP) is 5.04. The molecule has 0 aromatic heterocycles. The van der Waals surface area contributed by atoms with Crippen molar-refractivity contribution in [3.05, 3.63) is 65.2 Å². The van der Waals surface area contributed by atoms with E-state index in [2.05, 4.69) is 6.92 Å². The smallest absolute Gasteiger partial charge is 0.253 e. The van der Waals surface area contributed by atoms with Gasteiger partial charge in [0, 0.05) is 42.7 Å². The molecular formula is C25H31ClN2O3. The van der Waals surface area contributed by atoms with Gasteiger partial charge in [0.05, 0.1) is 6.61 Å². The van der Waals surface area contributed by atoms with E-state index in [9.17, 15) is 9.59 Å². The number of carbonyl (C=O) groups is 2. The first-order valence-electron chi connectivity index (χ1n) is 11.1. The Labute approximate surface area is 189 Å². The van der Waals surface area contributed by atoms with Gasteiger partial charge in [-0.3, -0.25) is 9.59 Å². The predicted molar refractivity (Wildman–Crippen MR) is 124 cm³/mol. The number of hydrogen-bond donors (Lipinski definition) is 0. The molecule has 0 radical (unpaired) electrons. The van der Waals surface area contributed by atoms with E-state index in [1.165, 1.54) is 0 Å². The molecule has 5 nitrogen and oxygen atoms in total. The molecular weight excluding hydrogens is 412 g/mol. The van der Waals surface area contributed by atoms with E-state index >= 15 is 0 Å². The second-order valence-corrected chi connectivity index (χ2v) is 8.32. The number of hydrogen-bond acceptors (Lipinski definition) is 3. The van der Waals surface area contributed by atoms with E-state index in [-0.39, 0.29) is 17.9 Å². The van der Waals surface area contributed by atoms with Crippen LogP contribution in [-0.2, 0) is 4.79 Å². The number of piperidine rings is 1. The summed E-state index contributed by atoms with van der Waals surface area (Å²) in [6.45, 7) is 4.72. The minimum absolute atomic E-state index is 0.0757. The van der Waals surface area contributed by atoms with Gasteiger partial charge in [-0.15, -0.1) is 0 Å². The molecule has 3 rings (SSSR count). The van der Waals surface area contributed by atoms with Crippen LogP contribution in [0.2, 0.25) is 5.02 Å². The maximum absolute atomic E-state index is 12.9. The largest absolute Gasteiger partial charge is 0.494 e. The summed E-state index contributed by atoms with van der Waals surface area (Å²) in [5, 5.41) is 0.675. The first kappa shape index (κ1) is 23.1. The summed E-state index contributed by atoms with van der Waals surface area (Å²) in [5.74, 6) is 1.01. The van der Waals surface area contributed by atoms with E-state index in [1.54, 1.807) is 12.1 Å². The van der Waals surface area contributed by atoms with Crippen LogP contribution in [0.3, 0.4) is 0 Å². The Morgan fingerprint density at radius 1 is 1.06 bits per heavy atom. The highest BCUT2D eigenvalue weighted by Gasteiger charge is 2.29. The molecule has 0 unspecified atom stereocenters. The highest BCUT2D eigenvalue weighted by Crippen LogP contribution is 2.21. The number of amides is 2. The van der Waals surface area contributed by atoms with Crippen molar-refractivity contribution < 1.29 is 14.3 Å². The fourth-order valence-corrected chi connectivity index (χ4v) is 4.11. The zero-order valence-electron chi connectivity index (χ0n) is 18.1. The third-order valence-corrected chi connectivity index (χ3v) is 5.87. The number of rotatable bonds is 9. The van der Waals surface area contributed by atoms with Crippen molar-refractivity contribution in [2.24, 2.45) is 0 Å². The Hall–Kier alpha value is -2.53. The van der Waals surface area contributed by atoms with Gasteiger partial charge in [-0.1, -0.05) is 36.7 Å². The van der Waals surface area contributed by atoms with E-state index in [0.29, 0.717) is 37.6 Å². The molecule has 1 saturated heterocycles. The van der Waals surface area contributed by atoms with Crippen molar-refractivity contribution in [1.82, 2.24) is 9.80 Å². The van der Waals surface area contributed by atoms with E-state index in [0.717, 1.165) is 37.1 Å². The monoisotopic (exact) mass is 442 g/mol. The fourth-order valence-electron chi connectivity index (χ4n) is 3.98. The highest BCUT2D eigenvalue weighted by atomic mass is 35.5. The summed E-state index contributed by atoms with van der Waals surface area (Å²) in [4.78, 5) is 29.5. The van der Waals surface area contributed by atoms with E-state index < -0.39 is 0 Å². The fraction of sp³-hybridized carbons (Fsp3) is 0.440. The van der Waals surface area contributed by atoms with Crippen molar-refractivity contribution in [3.8, 4) is 5.75 Å². The van der Waals surface area contributed by atoms with Crippen molar-refractivity contribution in [1.29, 1.82) is 0 Å².